The van der Waals surface area contributed by atoms with Crippen molar-refractivity contribution in [1.82, 2.24) is 5.32 Å². The van der Waals surface area contributed by atoms with E-state index in [1.165, 1.54) is 0 Å². The number of ether oxygens (including phenoxy) is 1. The monoisotopic (exact) mass is 385 g/mol. The van der Waals surface area contributed by atoms with Crippen LogP contribution in [0.15, 0.2) is 59.5 Å². The van der Waals surface area contributed by atoms with E-state index in [4.69, 9.17) is 4.74 Å². The lowest BCUT2D eigenvalue weighted by molar-refractivity contribution is -0.148. The van der Waals surface area contributed by atoms with Crippen molar-refractivity contribution in [3.05, 3.63) is 65.7 Å². The van der Waals surface area contributed by atoms with Gasteiger partial charge in [-0.2, -0.15) is 0 Å². The van der Waals surface area contributed by atoms with Crippen LogP contribution in [-0.4, -0.2) is 36.4 Å². The summed E-state index contributed by atoms with van der Waals surface area (Å²) in [7, 11) is 0. The van der Waals surface area contributed by atoms with E-state index in [1.54, 1.807) is 54.2 Å². The molecule has 0 spiro atoms. The van der Waals surface area contributed by atoms with Gasteiger partial charge in [-0.1, -0.05) is 30.3 Å². The standard InChI is InChI=1S/C20H19NO5S/c1-27-16-9-7-14(8-10-16)17(22)11-12-19(24)26-13-18(23)21-20(25)15-5-3-2-4-6-15/h2-10H,11-13H2,1H3,(H,21,23,25). The molecular formula is C20H19NO5S. The van der Waals surface area contributed by atoms with Crippen molar-refractivity contribution in [2.45, 2.75) is 17.7 Å². The van der Waals surface area contributed by atoms with Gasteiger partial charge in [0.1, 0.15) is 0 Å². The summed E-state index contributed by atoms with van der Waals surface area (Å²) < 4.78 is 4.80. The number of hydrogen-bond donors (Lipinski definition) is 1. The number of ketones is 1. The molecule has 0 heterocycles. The molecule has 0 radical (unpaired) electrons. The number of nitrogens with one attached hydrogen (secondary N) is 1. The number of esters is 1. The number of imide groups is 1. The summed E-state index contributed by atoms with van der Waals surface area (Å²) in [6.07, 6.45) is 1.79. The first kappa shape index (κ1) is 20.4. The molecule has 1 N–H and O–H groups in total. The van der Waals surface area contributed by atoms with E-state index in [0.29, 0.717) is 11.1 Å². The zero-order chi connectivity index (χ0) is 19.6. The van der Waals surface area contributed by atoms with E-state index >= 15 is 0 Å². The topological polar surface area (TPSA) is 89.5 Å². The second-order valence-corrected chi connectivity index (χ2v) is 6.44. The molecule has 0 fully saturated rings. The highest BCUT2D eigenvalue weighted by Crippen LogP contribution is 2.16. The Morgan fingerprint density at radius 1 is 0.889 bits per heavy atom. The van der Waals surface area contributed by atoms with Crippen molar-refractivity contribution >= 4 is 35.3 Å². The Hall–Kier alpha value is -2.93. The van der Waals surface area contributed by atoms with Gasteiger partial charge >= 0.3 is 5.97 Å². The Bertz CT molecular complexity index is 818. The molecule has 6 nitrogen and oxygen atoms in total. The van der Waals surface area contributed by atoms with E-state index in [-0.39, 0.29) is 18.6 Å². The van der Waals surface area contributed by atoms with Crippen LogP contribution in [0, 0.1) is 0 Å². The molecule has 2 aromatic carbocycles. The maximum atomic E-state index is 12.1. The van der Waals surface area contributed by atoms with Crippen molar-refractivity contribution in [3.63, 3.8) is 0 Å². The lowest BCUT2D eigenvalue weighted by Gasteiger charge is -2.06. The third kappa shape index (κ3) is 6.71. The van der Waals surface area contributed by atoms with Crippen LogP contribution in [0.5, 0.6) is 0 Å². The van der Waals surface area contributed by atoms with Gasteiger partial charge in [0, 0.05) is 22.4 Å². The Morgan fingerprint density at radius 2 is 1.56 bits per heavy atom. The second-order valence-electron chi connectivity index (χ2n) is 5.56. The van der Waals surface area contributed by atoms with Gasteiger partial charge < -0.3 is 4.74 Å². The summed E-state index contributed by atoms with van der Waals surface area (Å²) in [5.74, 6) is -2.15. The Labute approximate surface area is 161 Å². The van der Waals surface area contributed by atoms with Crippen molar-refractivity contribution in [2.75, 3.05) is 12.9 Å². The predicted octanol–water partition coefficient (Wildman–Crippen LogP) is 2.87. The van der Waals surface area contributed by atoms with Crippen LogP contribution in [-0.2, 0) is 14.3 Å². The fraction of sp³-hybridized carbons (Fsp3) is 0.200. The van der Waals surface area contributed by atoms with Gasteiger partial charge in [-0.3, -0.25) is 24.5 Å². The lowest BCUT2D eigenvalue weighted by Crippen LogP contribution is -2.34. The summed E-state index contributed by atoms with van der Waals surface area (Å²) in [5.41, 5.74) is 0.849. The van der Waals surface area contributed by atoms with E-state index < -0.39 is 24.4 Å². The van der Waals surface area contributed by atoms with Gasteiger partial charge in [-0.25, -0.2) is 0 Å². The van der Waals surface area contributed by atoms with Gasteiger partial charge in [0.15, 0.2) is 12.4 Å². The van der Waals surface area contributed by atoms with Crippen LogP contribution in [0.25, 0.3) is 0 Å². The van der Waals surface area contributed by atoms with Crippen molar-refractivity contribution in [2.24, 2.45) is 0 Å². The van der Waals surface area contributed by atoms with Crippen LogP contribution < -0.4 is 5.32 Å². The molecule has 0 saturated heterocycles. The molecule has 0 atom stereocenters. The Morgan fingerprint density at radius 3 is 2.19 bits per heavy atom. The maximum Gasteiger partial charge on any atom is 0.306 e. The number of carbonyl (C=O) groups is 4. The normalized spacial score (nSPS) is 10.1. The number of rotatable bonds is 8. The zero-order valence-corrected chi connectivity index (χ0v) is 15.6. The number of hydrogen-bond acceptors (Lipinski definition) is 6. The first-order chi connectivity index (χ1) is 13.0. The second kappa shape index (κ2) is 10.3. The Balaban J connectivity index is 1.71. The third-order valence-electron chi connectivity index (χ3n) is 3.62. The summed E-state index contributed by atoms with van der Waals surface area (Å²) in [6, 6.07) is 15.3. The van der Waals surface area contributed by atoms with Gasteiger partial charge in [-0.15, -0.1) is 11.8 Å². The average molecular weight is 385 g/mol. The first-order valence-corrected chi connectivity index (χ1v) is 9.44. The van der Waals surface area contributed by atoms with Gasteiger partial charge in [-0.05, 0) is 30.5 Å². The van der Waals surface area contributed by atoms with Crippen LogP contribution in [0.3, 0.4) is 0 Å². The summed E-state index contributed by atoms with van der Waals surface area (Å²) in [6.45, 7) is -0.575. The quantitative estimate of drug-likeness (QED) is 0.427. The molecule has 2 aromatic rings. The summed E-state index contributed by atoms with van der Waals surface area (Å²) >= 11 is 1.57. The highest BCUT2D eigenvalue weighted by atomic mass is 32.2. The van der Waals surface area contributed by atoms with Gasteiger partial charge in [0.2, 0.25) is 0 Å². The molecular weight excluding hydrogens is 366 g/mol. The zero-order valence-electron chi connectivity index (χ0n) is 14.8. The van der Waals surface area contributed by atoms with E-state index in [9.17, 15) is 19.2 Å². The highest BCUT2D eigenvalue weighted by Gasteiger charge is 2.14. The highest BCUT2D eigenvalue weighted by molar-refractivity contribution is 7.98. The number of carbonyl (C=O) groups excluding carboxylic acids is 4. The minimum Gasteiger partial charge on any atom is -0.456 e. The largest absolute Gasteiger partial charge is 0.456 e. The molecule has 7 heteroatoms. The first-order valence-electron chi connectivity index (χ1n) is 8.21. The predicted molar refractivity (Wildman–Crippen MR) is 102 cm³/mol. The molecule has 0 aliphatic carbocycles. The van der Waals surface area contributed by atoms with Crippen LogP contribution in [0.2, 0.25) is 0 Å². The lowest BCUT2D eigenvalue weighted by atomic mass is 10.1. The van der Waals surface area contributed by atoms with Crippen molar-refractivity contribution < 1.29 is 23.9 Å². The number of benzene rings is 2. The van der Waals surface area contributed by atoms with Crippen LogP contribution in [0.1, 0.15) is 33.6 Å². The summed E-state index contributed by atoms with van der Waals surface area (Å²) in [5, 5.41) is 2.13. The van der Waals surface area contributed by atoms with Gasteiger partial charge in [0.25, 0.3) is 11.8 Å². The molecule has 0 bridgehead atoms. The smallest absolute Gasteiger partial charge is 0.306 e. The van der Waals surface area contributed by atoms with Crippen LogP contribution in [0.4, 0.5) is 0 Å². The van der Waals surface area contributed by atoms with Crippen molar-refractivity contribution in [3.8, 4) is 0 Å². The molecule has 0 aliphatic rings. The molecule has 140 valence electrons. The minimum atomic E-state index is -0.726. The molecule has 27 heavy (non-hydrogen) atoms. The van der Waals surface area contributed by atoms with E-state index in [1.807, 2.05) is 18.4 Å². The van der Waals surface area contributed by atoms with Crippen molar-refractivity contribution in [1.29, 1.82) is 0 Å². The number of thioether (sulfide) groups is 1. The molecule has 2 amide bonds. The van der Waals surface area contributed by atoms with E-state index in [2.05, 4.69) is 5.32 Å². The molecule has 0 aliphatic heterocycles. The van der Waals surface area contributed by atoms with Crippen LogP contribution >= 0.6 is 11.8 Å². The third-order valence-corrected chi connectivity index (χ3v) is 4.36. The maximum absolute atomic E-state index is 12.1. The fourth-order valence-corrected chi connectivity index (χ4v) is 2.59. The summed E-state index contributed by atoms with van der Waals surface area (Å²) in [4.78, 5) is 48.3. The van der Waals surface area contributed by atoms with E-state index in [0.717, 1.165) is 4.90 Å². The fourth-order valence-electron chi connectivity index (χ4n) is 2.18. The Kier molecular flexibility index (Phi) is 7.76. The number of Topliss-reactive ketones (excluding diaryl/α,β-unsaturated/α-hetero) is 1. The molecule has 0 saturated carbocycles. The number of amides is 2. The van der Waals surface area contributed by atoms with Gasteiger partial charge in [0.05, 0.1) is 6.42 Å². The average Bonchev–Trinajstić information content (AvgIpc) is 2.71. The molecule has 0 aromatic heterocycles. The minimum absolute atomic E-state index is 0.0119. The molecule has 0 unspecified atom stereocenters. The molecule has 2 rings (SSSR count). The SMILES string of the molecule is CSc1ccc(C(=O)CCC(=O)OCC(=O)NC(=O)c2ccccc2)cc1.